The van der Waals surface area contributed by atoms with Crippen LogP contribution in [-0.2, 0) is 37.6 Å². The predicted molar refractivity (Wildman–Crippen MR) is 126 cm³/mol. The lowest BCUT2D eigenvalue weighted by Gasteiger charge is -2.35. The summed E-state index contributed by atoms with van der Waals surface area (Å²) < 4.78 is 52.4. The number of amides is 1. The number of carbonyl (C=O) groups is 1. The van der Waals surface area contributed by atoms with Crippen molar-refractivity contribution < 1.29 is 21.6 Å². The maximum absolute atomic E-state index is 13.7. The normalized spacial score (nSPS) is 22.7. The molecular weight excluding hydrogens is 460 g/mol. The van der Waals surface area contributed by atoms with Crippen molar-refractivity contribution in [2.24, 2.45) is 0 Å². The van der Waals surface area contributed by atoms with Crippen LogP contribution in [0.1, 0.15) is 17.5 Å². The van der Waals surface area contributed by atoms with Crippen LogP contribution in [0.25, 0.3) is 10.8 Å². The predicted octanol–water partition coefficient (Wildman–Crippen LogP) is 2.26. The Morgan fingerprint density at radius 1 is 0.939 bits per heavy atom. The zero-order valence-corrected chi connectivity index (χ0v) is 19.5. The Morgan fingerprint density at radius 2 is 1.64 bits per heavy atom. The molecule has 33 heavy (non-hydrogen) atoms. The van der Waals surface area contributed by atoms with Crippen LogP contribution in [0.4, 0.5) is 0 Å². The summed E-state index contributed by atoms with van der Waals surface area (Å²) >= 11 is 0. The van der Waals surface area contributed by atoms with Gasteiger partial charge < -0.3 is 5.32 Å². The second-order valence-electron chi connectivity index (χ2n) is 8.66. The number of sulfone groups is 1. The fourth-order valence-electron chi connectivity index (χ4n) is 4.64. The Labute approximate surface area is 193 Å². The second-order valence-corrected chi connectivity index (χ2v) is 12.8. The molecule has 9 heteroatoms. The summed E-state index contributed by atoms with van der Waals surface area (Å²) in [5.74, 6) is -0.541. The molecule has 5 rings (SSSR count). The lowest BCUT2D eigenvalue weighted by atomic mass is 9.95. The molecule has 2 aliphatic heterocycles. The van der Waals surface area contributed by atoms with Crippen molar-refractivity contribution in [3.8, 4) is 0 Å². The van der Waals surface area contributed by atoms with E-state index in [4.69, 9.17) is 0 Å². The van der Waals surface area contributed by atoms with E-state index in [-0.39, 0.29) is 29.4 Å². The Morgan fingerprint density at radius 3 is 2.36 bits per heavy atom. The van der Waals surface area contributed by atoms with Gasteiger partial charge in [0, 0.05) is 12.6 Å². The van der Waals surface area contributed by atoms with Crippen molar-refractivity contribution >= 4 is 36.5 Å². The van der Waals surface area contributed by atoms with Gasteiger partial charge in [-0.25, -0.2) is 16.8 Å². The van der Waals surface area contributed by atoms with Gasteiger partial charge in [-0.15, -0.1) is 0 Å². The molecule has 3 aromatic carbocycles. The van der Waals surface area contributed by atoms with E-state index in [0.29, 0.717) is 6.42 Å². The number of hydrogen-bond donors (Lipinski definition) is 1. The van der Waals surface area contributed by atoms with Gasteiger partial charge in [0.05, 0.1) is 16.4 Å². The van der Waals surface area contributed by atoms with E-state index >= 15 is 0 Å². The average Bonchev–Trinajstić information content (AvgIpc) is 3.15. The van der Waals surface area contributed by atoms with E-state index in [0.717, 1.165) is 21.9 Å². The van der Waals surface area contributed by atoms with E-state index in [9.17, 15) is 21.6 Å². The minimum absolute atomic E-state index is 0.0323. The minimum Gasteiger partial charge on any atom is -0.351 e. The number of hydrogen-bond acceptors (Lipinski definition) is 5. The highest BCUT2D eigenvalue weighted by molar-refractivity contribution is 7.91. The Hall–Kier alpha value is -2.75. The van der Waals surface area contributed by atoms with Crippen molar-refractivity contribution in [3.63, 3.8) is 0 Å². The third-order valence-corrected chi connectivity index (χ3v) is 10.0. The zero-order chi connectivity index (χ0) is 23.2. The summed E-state index contributed by atoms with van der Waals surface area (Å²) in [5, 5.41) is 4.52. The molecule has 0 aromatic heterocycles. The van der Waals surface area contributed by atoms with E-state index in [1.165, 1.54) is 4.31 Å². The molecule has 7 nitrogen and oxygen atoms in total. The van der Waals surface area contributed by atoms with Gasteiger partial charge in [-0.3, -0.25) is 4.79 Å². The molecule has 0 bridgehead atoms. The van der Waals surface area contributed by atoms with Gasteiger partial charge in [0.2, 0.25) is 15.9 Å². The number of sulfonamides is 1. The first-order chi connectivity index (χ1) is 15.7. The molecule has 2 aliphatic rings. The standard InChI is InChI=1S/C24H24N2O5S2/c27-24(25-21-11-12-32(28,29)16-21)23-14-19-7-3-4-8-20(19)15-26(23)33(30,31)22-10-9-17-5-1-2-6-18(17)13-22/h1-10,13,21,23H,11-12,14-16H2,(H,25,27)/t21?,23-/m0/s1. The highest BCUT2D eigenvalue weighted by Gasteiger charge is 2.41. The average molecular weight is 485 g/mol. The molecule has 0 saturated carbocycles. The number of nitrogens with one attached hydrogen (secondary N) is 1. The molecule has 1 amide bonds. The van der Waals surface area contributed by atoms with Crippen molar-refractivity contribution in [2.45, 2.75) is 36.4 Å². The molecule has 1 N–H and O–H groups in total. The first kappa shape index (κ1) is 22.1. The van der Waals surface area contributed by atoms with Gasteiger partial charge in [-0.1, -0.05) is 54.6 Å². The maximum Gasteiger partial charge on any atom is 0.244 e. The van der Waals surface area contributed by atoms with Crippen LogP contribution >= 0.6 is 0 Å². The fraction of sp³-hybridized carbons (Fsp3) is 0.292. The first-order valence-electron chi connectivity index (χ1n) is 10.8. The van der Waals surface area contributed by atoms with Crippen LogP contribution in [-0.4, -0.2) is 50.6 Å². The van der Waals surface area contributed by atoms with Gasteiger partial charge in [-0.2, -0.15) is 4.31 Å². The van der Waals surface area contributed by atoms with Crippen LogP contribution in [0.2, 0.25) is 0 Å². The lowest BCUT2D eigenvalue weighted by molar-refractivity contribution is -0.125. The Balaban J connectivity index is 1.51. The van der Waals surface area contributed by atoms with Crippen molar-refractivity contribution in [1.82, 2.24) is 9.62 Å². The maximum atomic E-state index is 13.7. The molecule has 2 heterocycles. The summed E-state index contributed by atoms with van der Waals surface area (Å²) in [6.07, 6.45) is 0.573. The molecule has 1 fully saturated rings. The van der Waals surface area contributed by atoms with Crippen molar-refractivity contribution in [1.29, 1.82) is 0 Å². The van der Waals surface area contributed by atoms with Crippen LogP contribution < -0.4 is 5.32 Å². The zero-order valence-electron chi connectivity index (χ0n) is 17.8. The molecule has 0 spiro atoms. The highest BCUT2D eigenvalue weighted by Crippen LogP contribution is 2.31. The van der Waals surface area contributed by atoms with Crippen LogP contribution in [0.3, 0.4) is 0 Å². The molecule has 172 valence electrons. The molecular formula is C24H24N2O5S2. The van der Waals surface area contributed by atoms with Gasteiger partial charge in [0.25, 0.3) is 0 Å². The molecule has 0 radical (unpaired) electrons. The monoisotopic (exact) mass is 484 g/mol. The number of nitrogens with zero attached hydrogens (tertiary/aromatic N) is 1. The first-order valence-corrected chi connectivity index (χ1v) is 14.1. The van der Waals surface area contributed by atoms with Crippen molar-refractivity contribution in [2.75, 3.05) is 11.5 Å². The third kappa shape index (κ3) is 4.28. The number of fused-ring (bicyclic) bond motifs is 2. The minimum atomic E-state index is -3.99. The van der Waals surface area contributed by atoms with Gasteiger partial charge in [0.15, 0.2) is 9.84 Å². The van der Waals surface area contributed by atoms with E-state index in [1.807, 2.05) is 48.5 Å². The van der Waals surface area contributed by atoms with Gasteiger partial charge >= 0.3 is 0 Å². The van der Waals surface area contributed by atoms with Crippen LogP contribution in [0.15, 0.2) is 71.6 Å². The largest absolute Gasteiger partial charge is 0.351 e. The summed E-state index contributed by atoms with van der Waals surface area (Å²) in [6, 6.07) is 18.5. The number of benzene rings is 3. The lowest BCUT2D eigenvalue weighted by Crippen LogP contribution is -2.54. The summed E-state index contributed by atoms with van der Waals surface area (Å²) in [7, 11) is -7.17. The van der Waals surface area contributed by atoms with Crippen molar-refractivity contribution in [3.05, 3.63) is 77.9 Å². The number of rotatable bonds is 4. The molecule has 3 aromatic rings. The smallest absolute Gasteiger partial charge is 0.244 e. The molecule has 1 saturated heterocycles. The fourth-order valence-corrected chi connectivity index (χ4v) is 7.92. The molecule has 1 unspecified atom stereocenters. The van der Waals surface area contributed by atoms with Crippen LogP contribution in [0, 0.1) is 0 Å². The summed E-state index contributed by atoms with van der Waals surface area (Å²) in [4.78, 5) is 13.4. The summed E-state index contributed by atoms with van der Waals surface area (Å²) in [6.45, 7) is 0.0758. The van der Waals surface area contributed by atoms with Crippen LogP contribution in [0.5, 0.6) is 0 Å². The highest BCUT2D eigenvalue weighted by atomic mass is 32.2. The third-order valence-electron chi connectivity index (χ3n) is 6.41. The van der Waals surface area contributed by atoms with Gasteiger partial charge in [-0.05, 0) is 46.9 Å². The summed E-state index contributed by atoms with van der Waals surface area (Å²) in [5.41, 5.74) is 1.77. The Bertz CT molecular complexity index is 1450. The quantitative estimate of drug-likeness (QED) is 0.612. The van der Waals surface area contributed by atoms with E-state index in [2.05, 4.69) is 5.32 Å². The second kappa shape index (κ2) is 8.23. The SMILES string of the molecule is O=C(NC1CCS(=O)(=O)C1)[C@@H]1Cc2ccccc2CN1S(=O)(=O)c1ccc2ccccc2c1. The Kier molecular flexibility index (Phi) is 5.50. The van der Waals surface area contributed by atoms with E-state index in [1.54, 1.807) is 18.2 Å². The molecule has 0 aliphatic carbocycles. The topological polar surface area (TPSA) is 101 Å². The molecule has 2 atom stereocenters. The van der Waals surface area contributed by atoms with Gasteiger partial charge in [0.1, 0.15) is 6.04 Å². The van der Waals surface area contributed by atoms with E-state index < -0.39 is 37.9 Å². The number of carbonyl (C=O) groups excluding carboxylic acids is 1.